The van der Waals surface area contributed by atoms with Gasteiger partial charge in [0.1, 0.15) is 5.52 Å². The second kappa shape index (κ2) is 6.84. The van der Waals surface area contributed by atoms with Gasteiger partial charge in [-0.05, 0) is 39.1 Å². The topological polar surface area (TPSA) is 51.4 Å². The van der Waals surface area contributed by atoms with Crippen LogP contribution in [0.1, 0.15) is 5.56 Å². The second-order valence-corrected chi connectivity index (χ2v) is 6.85. The summed E-state index contributed by atoms with van der Waals surface area (Å²) in [5.41, 5.74) is 3.82. The zero-order valence-corrected chi connectivity index (χ0v) is 14.7. The van der Waals surface area contributed by atoms with Gasteiger partial charge in [-0.1, -0.05) is 24.3 Å². The van der Waals surface area contributed by atoms with Crippen LogP contribution in [0.15, 0.2) is 41.0 Å². The lowest BCUT2D eigenvalue weighted by molar-refractivity contribution is -0.127. The molecule has 1 aliphatic rings. The normalized spacial score (nSPS) is 15.3. The molecule has 142 valence electrons. The monoisotopic (exact) mass is 377 g/mol. The fourth-order valence-electron chi connectivity index (χ4n) is 3.48. The number of anilines is 1. The number of fused-ring (bicyclic) bond motifs is 1. The predicted molar refractivity (Wildman–Crippen MR) is 94.6 cm³/mol. The number of nitrogens with zero attached hydrogens (tertiary/aromatic N) is 3. The first-order valence-electron chi connectivity index (χ1n) is 8.59. The molecule has 0 saturated carbocycles. The Bertz CT molecular complexity index is 949. The Labute approximate surface area is 153 Å². The molecule has 0 radical (unpaired) electrons. The Hall–Kier alpha value is -2.61. The molecule has 1 saturated heterocycles. The maximum absolute atomic E-state index is 12.7. The van der Waals surface area contributed by atoms with Gasteiger partial charge in [0.15, 0.2) is 5.52 Å². The summed E-state index contributed by atoms with van der Waals surface area (Å²) in [5, 5.41) is 7.91. The number of alkyl halides is 3. The average molecular weight is 377 g/mol. The lowest BCUT2D eigenvalue weighted by atomic mass is 9.97. The fourth-order valence-corrected chi connectivity index (χ4v) is 3.48. The van der Waals surface area contributed by atoms with E-state index >= 15 is 0 Å². The minimum atomic E-state index is -4.24. The molecule has 3 aromatic rings. The molecule has 0 amide bonds. The summed E-state index contributed by atoms with van der Waals surface area (Å²) in [6.45, 7) is 2.34. The molecule has 2 heterocycles. The minimum Gasteiger partial charge on any atom is -0.384 e. The van der Waals surface area contributed by atoms with E-state index in [4.69, 9.17) is 9.37 Å². The van der Waals surface area contributed by atoms with E-state index in [9.17, 15) is 13.2 Å². The predicted octanol–water partition coefficient (Wildman–Crippen LogP) is 4.08. The largest absolute Gasteiger partial charge is 0.393 e. The summed E-state index contributed by atoms with van der Waals surface area (Å²) >= 11 is 0. The van der Waals surface area contributed by atoms with Crippen molar-refractivity contribution in [3.63, 3.8) is 0 Å². The van der Waals surface area contributed by atoms with Gasteiger partial charge in [-0.2, -0.15) is 13.2 Å². The van der Waals surface area contributed by atoms with Gasteiger partial charge in [0.25, 0.3) is 0 Å². The standard InChI is InChI=1S/C19H18F3N3O2/c1-26-11-13-9-25(10-13)17-7-15(6-16-18(17)24-27-23-16)14-4-2-3-12(5-14)8-19(20,21)22/h2-7,13H,8-11H2,1H3. The molecule has 0 bridgehead atoms. The number of methoxy groups -OCH3 is 1. The number of halogens is 3. The highest BCUT2D eigenvalue weighted by molar-refractivity contribution is 5.93. The summed E-state index contributed by atoms with van der Waals surface area (Å²) in [5.74, 6) is 0.448. The summed E-state index contributed by atoms with van der Waals surface area (Å²) in [7, 11) is 1.68. The van der Waals surface area contributed by atoms with Crippen LogP contribution in [-0.4, -0.2) is 43.3 Å². The van der Waals surface area contributed by atoms with Crippen molar-refractivity contribution >= 4 is 16.7 Å². The van der Waals surface area contributed by atoms with Crippen molar-refractivity contribution in [1.82, 2.24) is 10.3 Å². The van der Waals surface area contributed by atoms with Crippen molar-refractivity contribution in [1.29, 1.82) is 0 Å². The number of ether oxygens (including phenoxy) is 1. The number of rotatable bonds is 5. The first kappa shape index (κ1) is 17.8. The highest BCUT2D eigenvalue weighted by Gasteiger charge is 2.30. The van der Waals surface area contributed by atoms with Gasteiger partial charge in [0.05, 0.1) is 18.7 Å². The van der Waals surface area contributed by atoms with Gasteiger partial charge in [-0.3, -0.25) is 0 Å². The molecule has 8 heteroatoms. The molecule has 1 aromatic heterocycles. The molecule has 27 heavy (non-hydrogen) atoms. The number of benzene rings is 2. The van der Waals surface area contributed by atoms with Crippen molar-refractivity contribution in [2.75, 3.05) is 31.7 Å². The van der Waals surface area contributed by atoms with Crippen LogP contribution in [0.4, 0.5) is 18.9 Å². The van der Waals surface area contributed by atoms with E-state index < -0.39 is 12.6 Å². The molecule has 4 rings (SSSR count). The molecule has 0 spiro atoms. The number of hydrogen-bond acceptors (Lipinski definition) is 5. The van der Waals surface area contributed by atoms with Gasteiger partial charge in [0, 0.05) is 26.1 Å². The number of aromatic nitrogens is 2. The molecule has 1 fully saturated rings. The Morgan fingerprint density at radius 1 is 1.15 bits per heavy atom. The van der Waals surface area contributed by atoms with Crippen LogP contribution >= 0.6 is 0 Å². The minimum absolute atomic E-state index is 0.226. The maximum atomic E-state index is 12.7. The van der Waals surface area contributed by atoms with E-state index in [1.165, 1.54) is 6.07 Å². The van der Waals surface area contributed by atoms with Gasteiger partial charge < -0.3 is 9.64 Å². The van der Waals surface area contributed by atoms with Gasteiger partial charge >= 0.3 is 6.18 Å². The van der Waals surface area contributed by atoms with Gasteiger partial charge in [-0.25, -0.2) is 4.63 Å². The highest BCUT2D eigenvalue weighted by atomic mass is 19.4. The average Bonchev–Trinajstić information content (AvgIpc) is 3.04. The van der Waals surface area contributed by atoms with E-state index in [1.807, 2.05) is 6.07 Å². The lowest BCUT2D eigenvalue weighted by Crippen LogP contribution is -2.48. The first-order chi connectivity index (χ1) is 12.9. The molecule has 2 aromatic carbocycles. The van der Waals surface area contributed by atoms with Crippen LogP contribution in [0.2, 0.25) is 0 Å². The van der Waals surface area contributed by atoms with Crippen molar-refractivity contribution in [2.45, 2.75) is 12.6 Å². The zero-order chi connectivity index (χ0) is 19.0. The Balaban J connectivity index is 1.68. The molecule has 0 aliphatic carbocycles. The Morgan fingerprint density at radius 2 is 1.96 bits per heavy atom. The quantitative estimate of drug-likeness (QED) is 0.671. The molecular weight excluding hydrogens is 359 g/mol. The SMILES string of the molecule is COCC1CN(c2cc(-c3cccc(CC(F)(F)F)c3)cc3nonc23)C1. The maximum Gasteiger partial charge on any atom is 0.393 e. The summed E-state index contributed by atoms with van der Waals surface area (Å²) in [4.78, 5) is 2.15. The van der Waals surface area contributed by atoms with Crippen LogP contribution in [0.3, 0.4) is 0 Å². The van der Waals surface area contributed by atoms with E-state index in [2.05, 4.69) is 15.2 Å². The van der Waals surface area contributed by atoms with Crippen molar-refractivity contribution < 1.29 is 22.5 Å². The van der Waals surface area contributed by atoms with Crippen molar-refractivity contribution in [3.05, 3.63) is 42.0 Å². The number of hydrogen-bond donors (Lipinski definition) is 0. The van der Waals surface area contributed by atoms with Crippen molar-refractivity contribution in [3.8, 4) is 11.1 Å². The third-order valence-electron chi connectivity index (χ3n) is 4.71. The summed E-state index contributed by atoms with van der Waals surface area (Å²) in [6.07, 6.45) is -5.19. The fraction of sp³-hybridized carbons (Fsp3) is 0.368. The van der Waals surface area contributed by atoms with Crippen molar-refractivity contribution in [2.24, 2.45) is 5.92 Å². The molecule has 0 atom stereocenters. The van der Waals surface area contributed by atoms with E-state index in [0.717, 1.165) is 24.3 Å². The summed E-state index contributed by atoms with van der Waals surface area (Å²) < 4.78 is 48.2. The Kier molecular flexibility index (Phi) is 4.51. The molecule has 1 aliphatic heterocycles. The van der Waals surface area contributed by atoms with Crippen LogP contribution in [0.5, 0.6) is 0 Å². The lowest BCUT2D eigenvalue weighted by Gasteiger charge is -2.40. The van der Waals surface area contributed by atoms with Gasteiger partial charge in [-0.15, -0.1) is 0 Å². The second-order valence-electron chi connectivity index (χ2n) is 6.85. The molecular formula is C19H18F3N3O2. The molecule has 5 nitrogen and oxygen atoms in total. The van der Waals surface area contributed by atoms with Gasteiger partial charge in [0.2, 0.25) is 0 Å². The summed E-state index contributed by atoms with van der Waals surface area (Å²) in [6, 6.07) is 10.2. The van der Waals surface area contributed by atoms with Crippen LogP contribution in [0, 0.1) is 5.92 Å². The smallest absolute Gasteiger partial charge is 0.384 e. The van der Waals surface area contributed by atoms with Crippen LogP contribution in [-0.2, 0) is 11.2 Å². The van der Waals surface area contributed by atoms with Crippen LogP contribution < -0.4 is 4.90 Å². The third kappa shape index (κ3) is 3.75. The van der Waals surface area contributed by atoms with E-state index in [-0.39, 0.29) is 5.56 Å². The third-order valence-corrected chi connectivity index (χ3v) is 4.71. The van der Waals surface area contributed by atoms with E-state index in [1.54, 1.807) is 31.4 Å². The van der Waals surface area contributed by atoms with E-state index in [0.29, 0.717) is 29.1 Å². The Morgan fingerprint density at radius 3 is 2.70 bits per heavy atom. The molecule has 0 N–H and O–H groups in total. The zero-order valence-electron chi connectivity index (χ0n) is 14.7. The highest BCUT2D eigenvalue weighted by Crippen LogP contribution is 2.35. The molecule has 0 unspecified atom stereocenters. The first-order valence-corrected chi connectivity index (χ1v) is 8.59. The van der Waals surface area contributed by atoms with Crippen LogP contribution in [0.25, 0.3) is 22.2 Å².